The van der Waals surface area contributed by atoms with Crippen LogP contribution in [0.5, 0.6) is 0 Å². The first-order chi connectivity index (χ1) is 23.3. The third-order valence-electron chi connectivity index (χ3n) is 10.0. The van der Waals surface area contributed by atoms with Crippen molar-refractivity contribution in [3.8, 4) is 11.3 Å². The van der Waals surface area contributed by atoms with Crippen molar-refractivity contribution in [2.45, 2.75) is 104 Å². The van der Waals surface area contributed by atoms with Gasteiger partial charge in [-0.05, 0) is 113 Å². The number of fused-ring (bicyclic) bond motifs is 2. The van der Waals surface area contributed by atoms with E-state index >= 15 is 0 Å². The highest BCUT2D eigenvalue weighted by Gasteiger charge is 2.28. The van der Waals surface area contributed by atoms with E-state index < -0.39 is 5.97 Å². The van der Waals surface area contributed by atoms with Gasteiger partial charge >= 0.3 is 5.97 Å². The van der Waals surface area contributed by atoms with Crippen LogP contribution in [0.1, 0.15) is 118 Å². The molecule has 6 rings (SSSR count). The van der Waals surface area contributed by atoms with Gasteiger partial charge < -0.3 is 19.6 Å². The second-order valence-electron chi connectivity index (χ2n) is 13.4. The zero-order valence-corrected chi connectivity index (χ0v) is 29.4. The fourth-order valence-corrected chi connectivity index (χ4v) is 7.70. The summed E-state index contributed by atoms with van der Waals surface area (Å²) in [5.74, 6) is -0.390. The van der Waals surface area contributed by atoms with Crippen molar-refractivity contribution in [1.82, 2.24) is 19.4 Å². The van der Waals surface area contributed by atoms with Crippen LogP contribution in [0.4, 0.5) is 4.39 Å². The third-order valence-corrected chi connectivity index (χ3v) is 10.0. The lowest BCUT2D eigenvalue weighted by Crippen LogP contribution is -2.30. The Morgan fingerprint density at radius 2 is 1.75 bits per heavy atom. The lowest BCUT2D eigenvalue weighted by Gasteiger charge is -2.25. The molecule has 1 aliphatic heterocycles. The zero-order chi connectivity index (χ0) is 34.2. The molecule has 1 aliphatic carbocycles. The number of imidazole rings is 1. The topological polar surface area (TPSA) is 74.1 Å². The minimum Gasteiger partial charge on any atom is -0.478 e. The normalized spacial score (nSPS) is 16.7. The molecule has 0 atom stereocenters. The summed E-state index contributed by atoms with van der Waals surface area (Å²) < 4.78 is 17.0. The van der Waals surface area contributed by atoms with Gasteiger partial charge in [0.1, 0.15) is 11.7 Å². The number of carbonyl (C=O) groups is 1. The van der Waals surface area contributed by atoms with Gasteiger partial charge in [-0.15, -0.1) is 0 Å². The van der Waals surface area contributed by atoms with Crippen LogP contribution in [-0.2, 0) is 6.54 Å². The van der Waals surface area contributed by atoms with Crippen molar-refractivity contribution < 1.29 is 14.3 Å². The number of aryl methyl sites for hydroxylation is 2. The maximum atomic E-state index is 14.7. The number of aromatic nitrogens is 3. The third kappa shape index (κ3) is 7.52. The Labute approximate surface area is 285 Å². The molecule has 2 N–H and O–H groups in total. The largest absolute Gasteiger partial charge is 0.478 e. The number of hydrogen-bond donors (Lipinski definition) is 2. The number of nitrogens with zero attached hydrogens (tertiary/aromatic N) is 3. The Kier molecular flexibility index (Phi) is 12.1. The number of benzene rings is 2. The second-order valence-corrected chi connectivity index (χ2v) is 13.4. The second kappa shape index (κ2) is 16.4. The monoisotopic (exact) mass is 652 g/mol. The first kappa shape index (κ1) is 35.3. The predicted molar refractivity (Wildman–Crippen MR) is 198 cm³/mol. The van der Waals surface area contributed by atoms with Gasteiger partial charge in [-0.1, -0.05) is 70.4 Å². The van der Waals surface area contributed by atoms with E-state index in [2.05, 4.69) is 47.9 Å². The first-order valence-corrected chi connectivity index (χ1v) is 18.1. The van der Waals surface area contributed by atoms with Gasteiger partial charge in [-0.25, -0.2) is 14.2 Å². The molecule has 1 saturated carbocycles. The van der Waals surface area contributed by atoms with Crippen molar-refractivity contribution in [3.63, 3.8) is 0 Å². The minimum absolute atomic E-state index is 0.302. The van der Waals surface area contributed by atoms with E-state index in [0.29, 0.717) is 22.9 Å². The summed E-state index contributed by atoms with van der Waals surface area (Å²) in [6.07, 6.45) is 17.1. The highest BCUT2D eigenvalue weighted by Crippen LogP contribution is 2.46. The number of piperidine rings is 1. The summed E-state index contributed by atoms with van der Waals surface area (Å²) >= 11 is 0. The van der Waals surface area contributed by atoms with Gasteiger partial charge in [-0.3, -0.25) is 0 Å². The summed E-state index contributed by atoms with van der Waals surface area (Å²) in [7, 11) is 0. The number of likely N-dealkylation sites (tertiary alicyclic amines) is 1. The molecule has 0 spiro atoms. The average molecular weight is 653 g/mol. The van der Waals surface area contributed by atoms with E-state index in [4.69, 9.17) is 4.98 Å². The molecule has 7 heteroatoms. The molecule has 48 heavy (non-hydrogen) atoms. The van der Waals surface area contributed by atoms with Crippen molar-refractivity contribution in [2.75, 3.05) is 19.6 Å². The number of aromatic carboxylic acids is 1. The Hall–Kier alpha value is -3.97. The highest BCUT2D eigenvalue weighted by atomic mass is 19.1. The number of hydrogen-bond acceptors (Lipinski definition) is 3. The SMILES string of the molecule is C=C/C=C(\C(F)=C/C)c1nc2c(C)c(-c3c(C4CCCCC4)c4ccc(C(=O)O)cc4n3CCC)ccc2[nH]1.CCCN1CCCCC1. The summed E-state index contributed by atoms with van der Waals surface area (Å²) in [5, 5.41) is 10.9. The average Bonchev–Trinajstić information content (AvgIpc) is 3.68. The maximum Gasteiger partial charge on any atom is 0.335 e. The number of halogens is 1. The van der Waals surface area contributed by atoms with Crippen LogP contribution in [0.3, 0.4) is 0 Å². The molecule has 0 radical (unpaired) electrons. The maximum absolute atomic E-state index is 14.7. The van der Waals surface area contributed by atoms with Crippen LogP contribution in [0.15, 0.2) is 61.0 Å². The van der Waals surface area contributed by atoms with Crippen molar-refractivity contribution in [2.24, 2.45) is 0 Å². The Bertz CT molecular complexity index is 1800. The molecule has 2 fully saturated rings. The summed E-state index contributed by atoms with van der Waals surface area (Å²) in [6, 6.07) is 9.72. The van der Waals surface area contributed by atoms with Crippen LogP contribution >= 0.6 is 0 Å². The van der Waals surface area contributed by atoms with Crippen LogP contribution in [0.25, 0.3) is 38.8 Å². The highest BCUT2D eigenvalue weighted by molar-refractivity contribution is 6.00. The van der Waals surface area contributed by atoms with Crippen molar-refractivity contribution >= 4 is 33.5 Å². The predicted octanol–water partition coefficient (Wildman–Crippen LogP) is 11.0. The molecule has 3 heterocycles. The fourth-order valence-electron chi connectivity index (χ4n) is 7.70. The Morgan fingerprint density at radius 3 is 2.40 bits per heavy atom. The molecule has 0 amide bonds. The standard InChI is InChI=1S/C33H36FN3O2.C8H17N/c1-5-11-24(26(34)7-3)32-35-27-17-16-23(20(4)30(27)36-32)31-29(21-12-9-8-10-13-21)25-15-14-22(33(38)39)19-28(25)37(31)18-6-2;1-2-6-9-7-4-3-5-8-9/h5,7,11,14-17,19,21H,1,6,8-10,12-13,18H2,2-4H3,(H,35,36)(H,38,39);2-8H2,1H3/b24-11+,26-7+;. The number of rotatable bonds is 10. The number of allylic oxidation sites excluding steroid dienone is 5. The lowest BCUT2D eigenvalue weighted by molar-refractivity contribution is 0.0697. The van der Waals surface area contributed by atoms with Gasteiger partial charge in [0, 0.05) is 23.0 Å². The van der Waals surface area contributed by atoms with E-state index in [1.165, 1.54) is 76.2 Å². The molecule has 2 aromatic carbocycles. The van der Waals surface area contributed by atoms with E-state index in [9.17, 15) is 14.3 Å². The summed E-state index contributed by atoms with van der Waals surface area (Å²) in [5.41, 5.74) is 7.87. The molecule has 6 nitrogen and oxygen atoms in total. The number of aromatic amines is 1. The van der Waals surface area contributed by atoms with Gasteiger partial charge in [0.15, 0.2) is 0 Å². The fraction of sp³-hybridized carbons (Fsp3) is 0.463. The van der Waals surface area contributed by atoms with Gasteiger partial charge in [0.2, 0.25) is 0 Å². The molecule has 0 bridgehead atoms. The molecular formula is C41H53FN4O2. The molecular weight excluding hydrogens is 599 g/mol. The molecule has 0 unspecified atom stereocenters. The molecule has 256 valence electrons. The number of carboxylic acid groups (broad SMARTS) is 1. The van der Waals surface area contributed by atoms with Gasteiger partial charge in [0.25, 0.3) is 0 Å². The van der Waals surface area contributed by atoms with E-state index in [0.717, 1.165) is 64.6 Å². The van der Waals surface area contributed by atoms with E-state index in [1.54, 1.807) is 25.1 Å². The van der Waals surface area contributed by atoms with Crippen LogP contribution in [0.2, 0.25) is 0 Å². The molecule has 2 aliphatic rings. The molecule has 4 aromatic rings. The van der Waals surface area contributed by atoms with Crippen molar-refractivity contribution in [1.29, 1.82) is 0 Å². The Balaban J connectivity index is 0.000000434. The zero-order valence-electron chi connectivity index (χ0n) is 29.4. The van der Waals surface area contributed by atoms with Crippen LogP contribution in [0, 0.1) is 6.92 Å². The number of nitrogens with one attached hydrogen (secondary N) is 1. The lowest BCUT2D eigenvalue weighted by atomic mass is 9.81. The van der Waals surface area contributed by atoms with Crippen LogP contribution in [-0.4, -0.2) is 50.1 Å². The van der Waals surface area contributed by atoms with E-state index in [-0.39, 0.29) is 5.83 Å². The first-order valence-electron chi connectivity index (χ1n) is 18.1. The van der Waals surface area contributed by atoms with Gasteiger partial charge in [-0.2, -0.15) is 0 Å². The Morgan fingerprint density at radius 1 is 1.04 bits per heavy atom. The van der Waals surface area contributed by atoms with Crippen molar-refractivity contribution in [3.05, 3.63) is 83.5 Å². The summed E-state index contributed by atoms with van der Waals surface area (Å²) in [6.45, 7) is 16.7. The van der Waals surface area contributed by atoms with E-state index in [1.807, 2.05) is 18.2 Å². The smallest absolute Gasteiger partial charge is 0.335 e. The quantitative estimate of drug-likeness (QED) is 0.167. The summed E-state index contributed by atoms with van der Waals surface area (Å²) in [4.78, 5) is 22.6. The van der Waals surface area contributed by atoms with Gasteiger partial charge in [0.05, 0.1) is 27.9 Å². The number of carboxylic acids is 1. The molecule has 1 saturated heterocycles. The minimum atomic E-state index is -0.916. The van der Waals surface area contributed by atoms with Crippen LogP contribution < -0.4 is 0 Å². The number of H-pyrrole nitrogens is 1. The molecule has 2 aromatic heterocycles.